The van der Waals surface area contributed by atoms with Gasteiger partial charge in [0.15, 0.2) is 24.8 Å². The molecule has 0 aromatic rings. The van der Waals surface area contributed by atoms with Crippen LogP contribution in [0, 0.1) is 0 Å². The van der Waals surface area contributed by atoms with Crippen LogP contribution in [0.5, 0.6) is 0 Å². The van der Waals surface area contributed by atoms with Gasteiger partial charge >= 0.3 is 11.9 Å². The van der Waals surface area contributed by atoms with Crippen LogP contribution < -0.4 is 26.6 Å². The Labute approximate surface area is 289 Å². The van der Waals surface area contributed by atoms with Crippen LogP contribution in [0.3, 0.4) is 0 Å². The molecule has 23 nitrogen and oxygen atoms in total. The van der Waals surface area contributed by atoms with E-state index in [2.05, 4.69) is 26.6 Å². The lowest BCUT2D eigenvalue weighted by atomic mass is 9.91. The number of aliphatic hydroxyl groups is 5. The first-order valence-corrected chi connectivity index (χ1v) is 15.4. The molecular formula is C28H45N5O18. The number of hydrogen-bond acceptors (Lipinski definition) is 16. The summed E-state index contributed by atoms with van der Waals surface area (Å²) in [6, 6.07) is -8.18. The van der Waals surface area contributed by atoms with Gasteiger partial charge in [-0.15, -0.1) is 0 Å². The van der Waals surface area contributed by atoms with Gasteiger partial charge in [0, 0.05) is 34.6 Å². The van der Waals surface area contributed by atoms with E-state index < -0.39 is 140 Å². The molecule has 2 heterocycles. The van der Waals surface area contributed by atoms with Crippen LogP contribution in [0.2, 0.25) is 0 Å². The summed E-state index contributed by atoms with van der Waals surface area (Å²) in [5.74, 6) is -7.60. The van der Waals surface area contributed by atoms with E-state index in [4.69, 9.17) is 18.9 Å². The summed E-state index contributed by atoms with van der Waals surface area (Å²) in [7, 11) is 0. The molecule has 2 saturated heterocycles. The van der Waals surface area contributed by atoms with Crippen LogP contribution in [0.15, 0.2) is 0 Å². The van der Waals surface area contributed by atoms with E-state index in [0.717, 1.165) is 34.6 Å². The van der Waals surface area contributed by atoms with Crippen molar-refractivity contribution in [1.29, 1.82) is 0 Å². The molecule has 2 rings (SSSR count). The largest absolute Gasteiger partial charge is 0.479 e. The molecule has 2 fully saturated rings. The first-order chi connectivity index (χ1) is 23.7. The maximum Gasteiger partial charge on any atom is 0.335 e. The van der Waals surface area contributed by atoms with Gasteiger partial charge in [-0.2, -0.15) is 0 Å². The Morgan fingerprint density at radius 1 is 0.647 bits per heavy atom. The van der Waals surface area contributed by atoms with Gasteiger partial charge in [0.1, 0.15) is 42.6 Å². The Kier molecular flexibility index (Phi) is 16.0. The first kappa shape index (κ1) is 43.1. The van der Waals surface area contributed by atoms with Crippen molar-refractivity contribution in [1.82, 2.24) is 26.6 Å². The molecular weight excluding hydrogens is 694 g/mol. The molecule has 2 aliphatic heterocycles. The van der Waals surface area contributed by atoms with Crippen LogP contribution >= 0.6 is 0 Å². The Morgan fingerprint density at radius 3 is 1.53 bits per heavy atom. The number of aliphatic hydroxyl groups excluding tert-OH is 5. The summed E-state index contributed by atoms with van der Waals surface area (Å²) >= 11 is 0. The molecule has 23 heteroatoms. The predicted octanol–water partition coefficient (Wildman–Crippen LogP) is -7.03. The minimum Gasteiger partial charge on any atom is -0.479 e. The maximum atomic E-state index is 12.7. The average molecular weight is 740 g/mol. The van der Waals surface area contributed by atoms with Gasteiger partial charge in [-0.25, -0.2) is 9.59 Å². The van der Waals surface area contributed by atoms with Gasteiger partial charge in [-0.1, -0.05) is 0 Å². The molecule has 0 bridgehead atoms. The summed E-state index contributed by atoms with van der Waals surface area (Å²) < 4.78 is 22.9. The van der Waals surface area contributed by atoms with E-state index in [1.54, 1.807) is 0 Å². The predicted molar refractivity (Wildman–Crippen MR) is 163 cm³/mol. The van der Waals surface area contributed by atoms with Crippen LogP contribution in [-0.2, 0) is 52.5 Å². The van der Waals surface area contributed by atoms with E-state index >= 15 is 0 Å². The molecule has 290 valence electrons. The van der Waals surface area contributed by atoms with Crippen molar-refractivity contribution in [3.63, 3.8) is 0 Å². The molecule has 0 aromatic heterocycles. The number of amides is 5. The number of rotatable bonds is 16. The van der Waals surface area contributed by atoms with Crippen molar-refractivity contribution >= 4 is 41.5 Å². The van der Waals surface area contributed by atoms with Gasteiger partial charge in [0.2, 0.25) is 29.5 Å². The Morgan fingerprint density at radius 2 is 1.10 bits per heavy atom. The number of carbonyl (C=O) groups is 7. The highest BCUT2D eigenvalue weighted by atomic mass is 16.7. The van der Waals surface area contributed by atoms with Gasteiger partial charge in [0.05, 0.1) is 31.3 Å². The highest BCUT2D eigenvalue weighted by molar-refractivity contribution is 5.78. The maximum absolute atomic E-state index is 12.7. The zero-order valence-electron chi connectivity index (χ0n) is 28.1. The van der Waals surface area contributed by atoms with Crippen molar-refractivity contribution in [3.8, 4) is 0 Å². The number of nitrogens with one attached hydrogen (secondary N) is 5. The lowest BCUT2D eigenvalue weighted by molar-refractivity contribution is -0.312. The molecule has 0 spiro atoms. The quantitative estimate of drug-likeness (QED) is 0.0699. The van der Waals surface area contributed by atoms with E-state index in [9.17, 15) is 69.3 Å². The molecule has 12 N–H and O–H groups in total. The summed E-state index contributed by atoms with van der Waals surface area (Å²) in [4.78, 5) is 85.9. The second-order valence-corrected chi connectivity index (χ2v) is 11.9. The fraction of sp³-hybridized carbons (Fsp3) is 0.750. The number of hydrogen-bond donors (Lipinski definition) is 12. The van der Waals surface area contributed by atoms with Gasteiger partial charge in [0.25, 0.3) is 0 Å². The molecule has 0 unspecified atom stereocenters. The normalized spacial score (nSPS) is 31.5. The Bertz CT molecular complexity index is 1290. The Hall–Kier alpha value is -4.07. The van der Waals surface area contributed by atoms with Crippen LogP contribution in [0.1, 0.15) is 34.6 Å². The van der Waals surface area contributed by atoms with Crippen molar-refractivity contribution in [2.75, 3.05) is 13.2 Å². The summed E-state index contributed by atoms with van der Waals surface area (Å²) in [6.07, 6.45) is -18.3. The average Bonchev–Trinajstić information content (AvgIpc) is 3.01. The second kappa shape index (κ2) is 19.0. The highest BCUT2D eigenvalue weighted by Gasteiger charge is 2.56. The third kappa shape index (κ3) is 11.5. The number of carboxylic acid groups (broad SMARTS) is 2. The smallest absolute Gasteiger partial charge is 0.335 e. The molecule has 0 saturated carbocycles. The second-order valence-electron chi connectivity index (χ2n) is 11.9. The van der Waals surface area contributed by atoms with E-state index in [1.165, 1.54) is 0 Å². The van der Waals surface area contributed by atoms with Crippen molar-refractivity contribution < 1.29 is 88.3 Å². The monoisotopic (exact) mass is 739 g/mol. The number of carbonyl (C=O) groups excluding carboxylic acids is 5. The van der Waals surface area contributed by atoms with Crippen LogP contribution in [-0.4, -0.2) is 176 Å². The van der Waals surface area contributed by atoms with Gasteiger partial charge < -0.3 is 81.3 Å². The van der Waals surface area contributed by atoms with Gasteiger partial charge in [-0.05, 0) is 0 Å². The number of carboxylic acids is 2. The van der Waals surface area contributed by atoms with E-state index in [1.807, 2.05) is 0 Å². The van der Waals surface area contributed by atoms with Crippen molar-refractivity contribution in [2.24, 2.45) is 0 Å². The summed E-state index contributed by atoms with van der Waals surface area (Å²) in [5, 5.41) is 83.1. The van der Waals surface area contributed by atoms with E-state index in [-0.39, 0.29) is 0 Å². The fourth-order valence-corrected chi connectivity index (χ4v) is 5.68. The van der Waals surface area contributed by atoms with E-state index in [0.29, 0.717) is 0 Å². The summed E-state index contributed by atoms with van der Waals surface area (Å²) in [5.41, 5.74) is 0. The molecule has 5 amide bonds. The zero-order valence-corrected chi connectivity index (χ0v) is 28.1. The molecule has 2 aliphatic rings. The molecule has 14 atom stereocenters. The molecule has 0 aliphatic carbocycles. The Balaban J connectivity index is 2.75. The number of ether oxygens (including phenoxy) is 4. The van der Waals surface area contributed by atoms with Crippen molar-refractivity contribution in [3.05, 3.63) is 0 Å². The third-order valence-electron chi connectivity index (χ3n) is 7.70. The third-order valence-corrected chi connectivity index (χ3v) is 7.70. The van der Waals surface area contributed by atoms with Gasteiger partial charge in [-0.3, -0.25) is 24.0 Å². The fourth-order valence-electron chi connectivity index (χ4n) is 5.68. The summed E-state index contributed by atoms with van der Waals surface area (Å²) in [6.45, 7) is 3.08. The SMILES string of the molecule is CC(=O)N[C@@H]1[C@H](O[C@@H]([C@@H](O)[C@H](O)CO)[C@H](CO)NC(C)=O)O[C@H](C(=O)O)[C@@H](O[C@@H]2O[C@H](C(=O)O)[C@@H](O)[C@H](NC(C)=O)[C@@H]2NC(C)=O)[C@@H]1NC(C)=O. The number of aliphatic carboxylic acids is 2. The minimum atomic E-state index is -2.25. The zero-order chi connectivity index (χ0) is 38.9. The highest BCUT2D eigenvalue weighted by Crippen LogP contribution is 2.31. The molecule has 0 radical (unpaired) electrons. The minimum absolute atomic E-state index is 0.757. The van der Waals surface area contributed by atoms with Crippen LogP contribution in [0.4, 0.5) is 0 Å². The lowest BCUT2D eigenvalue weighted by Gasteiger charge is -2.50. The van der Waals surface area contributed by atoms with Crippen molar-refractivity contribution in [2.45, 2.75) is 120 Å². The lowest BCUT2D eigenvalue weighted by Crippen LogP contribution is -2.74. The standard InChI is InChI=1S/C28H45N5O18/c1-8(36)29-13(6-34)21(19(42)14(41)7-35)48-28-18(33-12(5)40)16(31-10(3)38)22(24(51-28)26(46)47)49-27-17(32-11(4)39)15(30-9(2)37)20(43)23(50-27)25(44)45/h13-24,27-28,34-35,41-43H,6-7H2,1-5H3,(H,29,36)(H,30,37)(H,31,38)(H,32,39)(H,33,40)(H,44,45)(H,46,47)/t13-,14+,15+,16+,17-,18-,19-,20-,21+,22-,23-,24-,27+,28+/m0/s1. The topological polar surface area (TPSA) is 358 Å². The molecule has 51 heavy (non-hydrogen) atoms. The molecule has 0 aromatic carbocycles. The van der Waals surface area contributed by atoms with Crippen LogP contribution in [0.25, 0.3) is 0 Å². The first-order valence-electron chi connectivity index (χ1n) is 15.4.